The monoisotopic (exact) mass is 436 g/mol. The van der Waals surface area contributed by atoms with Crippen molar-refractivity contribution < 1.29 is 14.8 Å². The number of nitrogens with zero attached hydrogens (tertiary/aromatic N) is 4. The first-order valence-electron chi connectivity index (χ1n) is 10.1. The summed E-state index contributed by atoms with van der Waals surface area (Å²) in [7, 11) is 0. The van der Waals surface area contributed by atoms with Crippen molar-refractivity contribution >= 4 is 23.4 Å². The molecule has 0 saturated heterocycles. The van der Waals surface area contributed by atoms with Crippen LogP contribution in [0.5, 0.6) is 0 Å². The number of carboxylic acids is 1. The van der Waals surface area contributed by atoms with Crippen LogP contribution in [0, 0.1) is 24.0 Å². The minimum absolute atomic E-state index is 0.0773. The van der Waals surface area contributed by atoms with Gasteiger partial charge in [-0.1, -0.05) is 19.1 Å². The molecule has 0 bridgehead atoms. The van der Waals surface area contributed by atoms with E-state index in [2.05, 4.69) is 25.6 Å². The molecule has 32 heavy (non-hydrogen) atoms. The Bertz CT molecular complexity index is 1150. The Hall–Kier alpha value is -4.08. The molecule has 0 spiro atoms. The van der Waals surface area contributed by atoms with Crippen molar-refractivity contribution in [2.75, 3.05) is 23.7 Å². The molecule has 1 aromatic carbocycles. The van der Waals surface area contributed by atoms with Crippen LogP contribution in [0.15, 0.2) is 36.5 Å². The van der Waals surface area contributed by atoms with Gasteiger partial charge in [0.15, 0.2) is 0 Å². The summed E-state index contributed by atoms with van der Waals surface area (Å²) >= 11 is 0. The Morgan fingerprint density at radius 2 is 1.84 bits per heavy atom. The van der Waals surface area contributed by atoms with Gasteiger partial charge in [-0.25, -0.2) is 19.7 Å². The van der Waals surface area contributed by atoms with E-state index >= 15 is 0 Å². The van der Waals surface area contributed by atoms with Gasteiger partial charge < -0.3 is 15.7 Å². The molecule has 10 nitrogen and oxygen atoms in total. The normalized spacial score (nSPS) is 10.6. The quantitative estimate of drug-likeness (QED) is 0.259. The zero-order valence-electron chi connectivity index (χ0n) is 18.0. The van der Waals surface area contributed by atoms with E-state index in [9.17, 15) is 20.0 Å². The molecule has 0 aliphatic rings. The van der Waals surface area contributed by atoms with Crippen LogP contribution in [-0.2, 0) is 6.42 Å². The molecular weight excluding hydrogens is 412 g/mol. The van der Waals surface area contributed by atoms with Gasteiger partial charge in [-0.2, -0.15) is 0 Å². The number of benzene rings is 1. The number of rotatable bonds is 9. The maximum Gasteiger partial charge on any atom is 0.339 e. The largest absolute Gasteiger partial charge is 0.478 e. The lowest BCUT2D eigenvalue weighted by atomic mass is 9.99. The highest BCUT2D eigenvalue weighted by molar-refractivity contribution is 5.96. The summed E-state index contributed by atoms with van der Waals surface area (Å²) in [6, 6.07) is 8.64. The van der Waals surface area contributed by atoms with Crippen molar-refractivity contribution in [1.82, 2.24) is 15.0 Å². The molecule has 0 aliphatic heterocycles. The summed E-state index contributed by atoms with van der Waals surface area (Å²) in [4.78, 5) is 35.0. The number of carbonyl (C=O) groups is 1. The van der Waals surface area contributed by atoms with Crippen LogP contribution in [0.2, 0.25) is 0 Å². The van der Waals surface area contributed by atoms with Gasteiger partial charge in [-0.3, -0.25) is 10.1 Å². The number of aromatic carboxylic acids is 1. The Balaban J connectivity index is 1.78. The highest BCUT2D eigenvalue weighted by Crippen LogP contribution is 2.27. The number of aryl methyl sites for hydroxylation is 3. The lowest BCUT2D eigenvalue weighted by Crippen LogP contribution is -2.18. The van der Waals surface area contributed by atoms with Crippen molar-refractivity contribution in [3.8, 4) is 11.3 Å². The minimum atomic E-state index is -1.06. The molecule has 2 heterocycles. The number of nitro groups is 1. The first-order valence-corrected chi connectivity index (χ1v) is 10.1. The Morgan fingerprint density at radius 3 is 2.44 bits per heavy atom. The second-order valence-electron chi connectivity index (χ2n) is 7.19. The smallest absolute Gasteiger partial charge is 0.339 e. The highest BCUT2D eigenvalue weighted by atomic mass is 16.6. The molecule has 0 fully saturated rings. The maximum absolute atomic E-state index is 12.0. The first kappa shape index (κ1) is 22.6. The van der Waals surface area contributed by atoms with Gasteiger partial charge in [-0.05, 0) is 43.5 Å². The number of carboxylic acid groups (broad SMARTS) is 1. The van der Waals surface area contributed by atoms with E-state index in [1.54, 1.807) is 0 Å². The lowest BCUT2D eigenvalue weighted by molar-refractivity contribution is -0.385. The fraction of sp³-hybridized carbons (Fsp3) is 0.273. The number of hydrogen-bond donors (Lipinski definition) is 3. The summed E-state index contributed by atoms with van der Waals surface area (Å²) < 4.78 is 0. The van der Waals surface area contributed by atoms with Gasteiger partial charge in [0, 0.05) is 24.7 Å². The number of aromatic nitrogens is 3. The third-order valence-electron chi connectivity index (χ3n) is 4.99. The molecule has 3 N–H and O–H groups in total. The average molecular weight is 436 g/mol. The van der Waals surface area contributed by atoms with E-state index in [0.29, 0.717) is 42.7 Å². The molecular formula is C22H24N6O4. The Morgan fingerprint density at radius 1 is 1.09 bits per heavy atom. The molecule has 10 heteroatoms. The summed E-state index contributed by atoms with van der Waals surface area (Å²) in [5, 5.41) is 26.6. The fourth-order valence-corrected chi connectivity index (χ4v) is 3.13. The van der Waals surface area contributed by atoms with Crippen LogP contribution in [0.1, 0.15) is 34.1 Å². The van der Waals surface area contributed by atoms with Crippen LogP contribution >= 0.6 is 0 Å². The fourth-order valence-electron chi connectivity index (χ4n) is 3.13. The molecule has 0 radical (unpaired) electrons. The van der Waals surface area contributed by atoms with E-state index in [1.807, 2.05) is 39.0 Å². The SMILES string of the molecule is CCc1nc(NCCNc2ccc([N+](=O)[O-])cn2)nc(-c2ccc(C)c(C)c2)c1C(=O)O. The third-order valence-corrected chi connectivity index (χ3v) is 4.99. The minimum Gasteiger partial charge on any atom is -0.478 e. The zero-order chi connectivity index (χ0) is 23.3. The van der Waals surface area contributed by atoms with Gasteiger partial charge in [0.2, 0.25) is 5.95 Å². The predicted octanol–water partition coefficient (Wildman–Crippen LogP) is 3.85. The molecule has 0 amide bonds. The van der Waals surface area contributed by atoms with E-state index in [0.717, 1.165) is 16.7 Å². The van der Waals surface area contributed by atoms with E-state index in [4.69, 9.17) is 0 Å². The molecule has 0 aliphatic carbocycles. The number of pyridine rings is 1. The molecule has 166 valence electrons. The van der Waals surface area contributed by atoms with Crippen molar-refractivity contribution in [1.29, 1.82) is 0 Å². The topological polar surface area (TPSA) is 143 Å². The van der Waals surface area contributed by atoms with Gasteiger partial charge in [0.1, 0.15) is 17.6 Å². The van der Waals surface area contributed by atoms with Gasteiger partial charge in [-0.15, -0.1) is 0 Å². The molecule has 3 aromatic rings. The molecule has 0 saturated carbocycles. The van der Waals surface area contributed by atoms with Gasteiger partial charge in [0.05, 0.1) is 16.3 Å². The lowest BCUT2D eigenvalue weighted by Gasteiger charge is -2.14. The molecule has 2 aromatic heterocycles. The van der Waals surface area contributed by atoms with E-state index in [-0.39, 0.29) is 11.3 Å². The van der Waals surface area contributed by atoms with Crippen molar-refractivity contribution in [2.24, 2.45) is 0 Å². The van der Waals surface area contributed by atoms with Crippen LogP contribution in [0.4, 0.5) is 17.5 Å². The van der Waals surface area contributed by atoms with E-state index < -0.39 is 10.9 Å². The van der Waals surface area contributed by atoms with Crippen molar-refractivity contribution in [3.63, 3.8) is 0 Å². The highest BCUT2D eigenvalue weighted by Gasteiger charge is 2.21. The second kappa shape index (κ2) is 9.82. The van der Waals surface area contributed by atoms with E-state index in [1.165, 1.54) is 18.3 Å². The summed E-state index contributed by atoms with van der Waals surface area (Å²) in [5.41, 5.74) is 3.73. The summed E-state index contributed by atoms with van der Waals surface area (Å²) in [6.07, 6.45) is 1.63. The Kier molecular flexibility index (Phi) is 6.93. The molecule has 0 unspecified atom stereocenters. The molecule has 0 atom stereocenters. The standard InChI is InChI=1S/C22H24N6O4/c1-4-17-19(21(29)30)20(15-6-5-13(2)14(3)11-15)27-22(26-17)24-10-9-23-18-8-7-16(12-25-18)28(31)32/h5-8,11-12H,4,9-10H2,1-3H3,(H,23,25)(H,29,30)(H,24,26,27). The van der Waals surface area contributed by atoms with Crippen molar-refractivity contribution in [3.05, 3.63) is 69.0 Å². The van der Waals surface area contributed by atoms with Crippen LogP contribution in [0.25, 0.3) is 11.3 Å². The van der Waals surface area contributed by atoms with Crippen LogP contribution < -0.4 is 10.6 Å². The van der Waals surface area contributed by atoms with Gasteiger partial charge in [0.25, 0.3) is 5.69 Å². The van der Waals surface area contributed by atoms with Crippen molar-refractivity contribution in [2.45, 2.75) is 27.2 Å². The van der Waals surface area contributed by atoms with Crippen LogP contribution in [0.3, 0.4) is 0 Å². The maximum atomic E-state index is 12.0. The predicted molar refractivity (Wildman–Crippen MR) is 121 cm³/mol. The average Bonchev–Trinajstić information content (AvgIpc) is 2.78. The first-order chi connectivity index (χ1) is 15.3. The summed E-state index contributed by atoms with van der Waals surface area (Å²) in [5.74, 6) is -0.226. The summed E-state index contributed by atoms with van der Waals surface area (Å²) in [6.45, 7) is 6.70. The number of nitrogens with one attached hydrogen (secondary N) is 2. The Labute approximate surface area is 184 Å². The third kappa shape index (κ3) is 5.15. The zero-order valence-corrected chi connectivity index (χ0v) is 18.0. The second-order valence-corrected chi connectivity index (χ2v) is 7.19. The number of anilines is 2. The van der Waals surface area contributed by atoms with Gasteiger partial charge >= 0.3 is 5.97 Å². The number of hydrogen-bond acceptors (Lipinski definition) is 8. The van der Waals surface area contributed by atoms with Crippen LogP contribution in [-0.4, -0.2) is 44.0 Å². The molecule has 3 rings (SSSR count).